The fourth-order valence-corrected chi connectivity index (χ4v) is 1.23. The van der Waals surface area contributed by atoms with Gasteiger partial charge in [-0.25, -0.2) is 14.6 Å². The highest BCUT2D eigenvalue weighted by molar-refractivity contribution is 5.88. The minimum absolute atomic E-state index is 0.0674. The number of nitrogens with one attached hydrogen (secondary N) is 1. The van der Waals surface area contributed by atoms with E-state index in [1.165, 1.54) is 12.1 Å². The van der Waals surface area contributed by atoms with Gasteiger partial charge in [0.2, 0.25) is 0 Å². The summed E-state index contributed by atoms with van der Waals surface area (Å²) in [5.74, 6) is -1.11. The summed E-state index contributed by atoms with van der Waals surface area (Å²) >= 11 is 0. The van der Waals surface area contributed by atoms with E-state index in [-0.39, 0.29) is 5.69 Å². The van der Waals surface area contributed by atoms with Crippen LogP contribution in [0.15, 0.2) is 12.1 Å². The first-order valence-corrected chi connectivity index (χ1v) is 5.40. The fourth-order valence-electron chi connectivity index (χ4n) is 1.23. The maximum absolute atomic E-state index is 11.5. The fraction of sp³-hybridized carbons (Fsp3) is 0.417. The predicted octanol–water partition coefficient (Wildman–Crippen LogP) is 2.44. The standard InChI is InChI=1S/C12H16N2O4/c1-7-8(5-6-9(13-7)10(15)16)14-11(17)18-12(2,3)4/h5-6H,1-4H3,(H,14,17)(H,15,16). The molecule has 98 valence electrons. The molecule has 0 bridgehead atoms. The lowest BCUT2D eigenvalue weighted by Gasteiger charge is -2.20. The van der Waals surface area contributed by atoms with Gasteiger partial charge in [0.25, 0.3) is 0 Å². The summed E-state index contributed by atoms with van der Waals surface area (Å²) in [6.07, 6.45) is -0.601. The summed E-state index contributed by atoms with van der Waals surface area (Å²) in [6.45, 7) is 6.88. The third-order valence-electron chi connectivity index (χ3n) is 1.94. The van der Waals surface area contributed by atoms with Crippen molar-refractivity contribution in [3.05, 3.63) is 23.5 Å². The van der Waals surface area contributed by atoms with Crippen molar-refractivity contribution in [1.82, 2.24) is 4.98 Å². The minimum atomic E-state index is -1.11. The van der Waals surface area contributed by atoms with E-state index in [0.717, 1.165) is 0 Å². The van der Waals surface area contributed by atoms with Crippen LogP contribution in [0.1, 0.15) is 37.0 Å². The molecule has 18 heavy (non-hydrogen) atoms. The van der Waals surface area contributed by atoms with E-state index in [0.29, 0.717) is 11.4 Å². The van der Waals surface area contributed by atoms with Crippen molar-refractivity contribution in [1.29, 1.82) is 0 Å². The van der Waals surface area contributed by atoms with Gasteiger partial charge in [-0.05, 0) is 39.8 Å². The molecule has 0 saturated carbocycles. The van der Waals surface area contributed by atoms with Crippen molar-refractivity contribution in [2.45, 2.75) is 33.3 Å². The van der Waals surface area contributed by atoms with Gasteiger partial charge in [0.1, 0.15) is 11.3 Å². The first-order chi connectivity index (χ1) is 8.19. The molecule has 0 radical (unpaired) electrons. The Bertz CT molecular complexity index is 477. The predicted molar refractivity (Wildman–Crippen MR) is 65.8 cm³/mol. The molecular formula is C12H16N2O4. The summed E-state index contributed by atoms with van der Waals surface area (Å²) in [5.41, 5.74) is 0.184. The van der Waals surface area contributed by atoms with Gasteiger partial charge in [0.05, 0.1) is 11.4 Å². The Morgan fingerprint density at radius 1 is 1.33 bits per heavy atom. The molecule has 0 atom stereocenters. The molecule has 2 N–H and O–H groups in total. The van der Waals surface area contributed by atoms with Crippen molar-refractivity contribution in [2.24, 2.45) is 0 Å². The number of hydrogen-bond acceptors (Lipinski definition) is 4. The summed E-state index contributed by atoms with van der Waals surface area (Å²) < 4.78 is 5.08. The van der Waals surface area contributed by atoms with E-state index >= 15 is 0 Å². The SMILES string of the molecule is Cc1nc(C(=O)O)ccc1NC(=O)OC(C)(C)C. The molecule has 1 aromatic rings. The van der Waals surface area contributed by atoms with Crippen LogP contribution in [0.4, 0.5) is 10.5 Å². The van der Waals surface area contributed by atoms with Crippen molar-refractivity contribution in [3.8, 4) is 0 Å². The number of nitrogens with zero attached hydrogens (tertiary/aromatic N) is 1. The Hall–Kier alpha value is -2.11. The van der Waals surface area contributed by atoms with Gasteiger partial charge in [-0.2, -0.15) is 0 Å². The molecule has 0 fully saturated rings. The van der Waals surface area contributed by atoms with E-state index in [4.69, 9.17) is 9.84 Å². The number of rotatable bonds is 2. The van der Waals surface area contributed by atoms with E-state index in [9.17, 15) is 9.59 Å². The van der Waals surface area contributed by atoms with Crippen molar-refractivity contribution < 1.29 is 19.4 Å². The van der Waals surface area contributed by atoms with Gasteiger partial charge in [0.15, 0.2) is 0 Å². The normalized spacial score (nSPS) is 10.9. The number of aromatic nitrogens is 1. The van der Waals surface area contributed by atoms with Crippen molar-refractivity contribution >= 4 is 17.7 Å². The minimum Gasteiger partial charge on any atom is -0.477 e. The van der Waals surface area contributed by atoms with Crippen LogP contribution >= 0.6 is 0 Å². The van der Waals surface area contributed by atoms with E-state index in [1.807, 2.05) is 0 Å². The molecular weight excluding hydrogens is 236 g/mol. The Labute approximate surface area is 105 Å². The van der Waals surface area contributed by atoms with Gasteiger partial charge in [-0.15, -0.1) is 0 Å². The number of carbonyl (C=O) groups excluding carboxylic acids is 1. The second-order valence-corrected chi connectivity index (χ2v) is 4.76. The average molecular weight is 252 g/mol. The zero-order valence-electron chi connectivity index (χ0n) is 10.8. The smallest absolute Gasteiger partial charge is 0.412 e. The zero-order valence-corrected chi connectivity index (χ0v) is 10.8. The topological polar surface area (TPSA) is 88.5 Å². The van der Waals surface area contributed by atoms with Crippen LogP contribution in [0.5, 0.6) is 0 Å². The second-order valence-electron chi connectivity index (χ2n) is 4.76. The number of ether oxygens (including phenoxy) is 1. The molecule has 0 unspecified atom stereocenters. The average Bonchev–Trinajstić information content (AvgIpc) is 2.17. The van der Waals surface area contributed by atoms with Gasteiger partial charge >= 0.3 is 12.1 Å². The van der Waals surface area contributed by atoms with E-state index < -0.39 is 17.7 Å². The van der Waals surface area contributed by atoms with Gasteiger partial charge in [-0.1, -0.05) is 0 Å². The van der Waals surface area contributed by atoms with Crippen molar-refractivity contribution in [3.63, 3.8) is 0 Å². The van der Waals surface area contributed by atoms with Crippen LogP contribution < -0.4 is 5.32 Å². The number of hydrogen-bond donors (Lipinski definition) is 2. The van der Waals surface area contributed by atoms with Crippen LogP contribution in [-0.4, -0.2) is 27.8 Å². The molecule has 6 heteroatoms. The number of anilines is 1. The van der Waals surface area contributed by atoms with Gasteiger partial charge in [0, 0.05) is 0 Å². The summed E-state index contributed by atoms with van der Waals surface area (Å²) in [7, 11) is 0. The molecule has 6 nitrogen and oxygen atoms in total. The van der Waals surface area contributed by atoms with Crippen LogP contribution in [0, 0.1) is 6.92 Å². The molecule has 1 heterocycles. The Morgan fingerprint density at radius 2 is 1.94 bits per heavy atom. The number of aromatic carboxylic acids is 1. The number of aryl methyl sites for hydroxylation is 1. The summed E-state index contributed by atoms with van der Waals surface area (Å²) in [6, 6.07) is 2.80. The Kier molecular flexibility index (Phi) is 3.90. The van der Waals surface area contributed by atoms with E-state index in [2.05, 4.69) is 10.3 Å². The number of carbonyl (C=O) groups is 2. The molecule has 0 aliphatic carbocycles. The maximum atomic E-state index is 11.5. The van der Waals surface area contributed by atoms with Gasteiger partial charge < -0.3 is 9.84 Å². The lowest BCUT2D eigenvalue weighted by atomic mass is 10.2. The van der Waals surface area contributed by atoms with Crippen LogP contribution in [0.25, 0.3) is 0 Å². The molecule has 0 aliphatic rings. The van der Waals surface area contributed by atoms with Crippen LogP contribution in [0.3, 0.4) is 0 Å². The Morgan fingerprint density at radius 3 is 2.39 bits per heavy atom. The maximum Gasteiger partial charge on any atom is 0.412 e. The number of carboxylic acid groups (broad SMARTS) is 1. The van der Waals surface area contributed by atoms with Crippen molar-refractivity contribution in [2.75, 3.05) is 5.32 Å². The molecule has 1 rings (SSSR count). The van der Waals surface area contributed by atoms with Gasteiger partial charge in [-0.3, -0.25) is 5.32 Å². The van der Waals surface area contributed by atoms with E-state index in [1.54, 1.807) is 27.7 Å². The summed E-state index contributed by atoms with van der Waals surface area (Å²) in [5, 5.41) is 11.3. The number of amides is 1. The highest BCUT2D eigenvalue weighted by Crippen LogP contribution is 2.15. The third kappa shape index (κ3) is 4.04. The number of carboxylic acids is 1. The van der Waals surface area contributed by atoms with Crippen LogP contribution in [-0.2, 0) is 4.74 Å². The largest absolute Gasteiger partial charge is 0.477 e. The van der Waals surface area contributed by atoms with Crippen LogP contribution in [0.2, 0.25) is 0 Å². The molecule has 0 aromatic carbocycles. The first-order valence-electron chi connectivity index (χ1n) is 5.40. The second kappa shape index (κ2) is 5.03. The third-order valence-corrected chi connectivity index (χ3v) is 1.94. The lowest BCUT2D eigenvalue weighted by molar-refractivity contribution is 0.0634. The molecule has 1 amide bonds. The first kappa shape index (κ1) is 14.0. The molecule has 1 aromatic heterocycles. The molecule has 0 saturated heterocycles. The zero-order chi connectivity index (χ0) is 13.9. The highest BCUT2D eigenvalue weighted by Gasteiger charge is 2.17. The lowest BCUT2D eigenvalue weighted by Crippen LogP contribution is -2.27. The Balaban J connectivity index is 2.80. The summed E-state index contributed by atoms with van der Waals surface area (Å²) in [4.78, 5) is 26.1. The highest BCUT2D eigenvalue weighted by atomic mass is 16.6. The molecule has 0 spiro atoms. The quantitative estimate of drug-likeness (QED) is 0.843. The molecule has 0 aliphatic heterocycles. The number of pyridine rings is 1. The monoisotopic (exact) mass is 252 g/mol.